The maximum atomic E-state index is 5.26. The Morgan fingerprint density at radius 2 is 2.00 bits per heavy atom. The summed E-state index contributed by atoms with van der Waals surface area (Å²) >= 11 is 0. The van der Waals surface area contributed by atoms with Gasteiger partial charge in [0.15, 0.2) is 0 Å². The van der Waals surface area contributed by atoms with Crippen molar-refractivity contribution in [1.29, 1.82) is 0 Å². The Labute approximate surface area is 91.4 Å². The van der Waals surface area contributed by atoms with Crippen molar-refractivity contribution in [2.45, 2.75) is 19.6 Å². The number of hydrogen-bond acceptors (Lipinski definition) is 3. The lowest BCUT2D eigenvalue weighted by Crippen LogP contribution is -2.25. The lowest BCUT2D eigenvalue weighted by atomic mass is 10.2. The number of rotatable bonds is 6. The lowest BCUT2D eigenvalue weighted by molar-refractivity contribution is 0.117. The average molecular weight is 209 g/mol. The summed E-state index contributed by atoms with van der Waals surface area (Å²) in [6.07, 6.45) is 0.236. The fraction of sp³-hybridized carbons (Fsp3) is 0.500. The van der Waals surface area contributed by atoms with Gasteiger partial charge >= 0.3 is 0 Å². The summed E-state index contributed by atoms with van der Waals surface area (Å²) in [7, 11) is 3.41. The maximum absolute atomic E-state index is 5.26. The monoisotopic (exact) mass is 209 g/mol. The van der Waals surface area contributed by atoms with Gasteiger partial charge in [-0.3, -0.25) is 0 Å². The predicted molar refractivity (Wildman–Crippen MR) is 61.2 cm³/mol. The summed E-state index contributed by atoms with van der Waals surface area (Å²) in [5, 5.41) is 3.32. The largest absolute Gasteiger partial charge is 0.496 e. The van der Waals surface area contributed by atoms with Crippen molar-refractivity contribution in [3.63, 3.8) is 0 Å². The summed E-state index contributed by atoms with van der Waals surface area (Å²) in [4.78, 5) is 0. The molecule has 0 saturated carbocycles. The molecule has 0 aliphatic carbocycles. The van der Waals surface area contributed by atoms with Crippen LogP contribution in [0.15, 0.2) is 24.3 Å². The van der Waals surface area contributed by atoms with E-state index < -0.39 is 0 Å². The molecule has 0 aromatic heterocycles. The summed E-state index contributed by atoms with van der Waals surface area (Å²) < 4.78 is 10.4. The highest BCUT2D eigenvalue weighted by atomic mass is 16.5. The van der Waals surface area contributed by atoms with Crippen molar-refractivity contribution in [3.05, 3.63) is 29.8 Å². The highest BCUT2D eigenvalue weighted by Crippen LogP contribution is 2.16. The van der Waals surface area contributed by atoms with Crippen LogP contribution in [-0.2, 0) is 11.3 Å². The Hall–Kier alpha value is -1.06. The van der Waals surface area contributed by atoms with Crippen LogP contribution in [0.4, 0.5) is 0 Å². The number of nitrogens with one attached hydrogen (secondary N) is 1. The van der Waals surface area contributed by atoms with Gasteiger partial charge in [-0.05, 0) is 13.0 Å². The van der Waals surface area contributed by atoms with Crippen LogP contribution in [0.1, 0.15) is 12.5 Å². The number of para-hydroxylation sites is 1. The van der Waals surface area contributed by atoms with Gasteiger partial charge in [-0.25, -0.2) is 0 Å². The van der Waals surface area contributed by atoms with E-state index in [-0.39, 0.29) is 6.10 Å². The Balaban J connectivity index is 2.43. The second kappa shape index (κ2) is 6.43. The lowest BCUT2D eigenvalue weighted by Gasteiger charge is -2.12. The minimum absolute atomic E-state index is 0.236. The second-order valence-corrected chi connectivity index (χ2v) is 3.49. The zero-order valence-electron chi connectivity index (χ0n) is 9.62. The van der Waals surface area contributed by atoms with E-state index in [1.807, 2.05) is 25.1 Å². The smallest absolute Gasteiger partial charge is 0.123 e. The molecule has 0 amide bonds. The van der Waals surface area contributed by atoms with Crippen molar-refractivity contribution in [1.82, 2.24) is 5.32 Å². The van der Waals surface area contributed by atoms with Gasteiger partial charge < -0.3 is 14.8 Å². The zero-order valence-corrected chi connectivity index (χ0v) is 9.62. The Morgan fingerprint density at radius 3 is 2.67 bits per heavy atom. The number of benzene rings is 1. The van der Waals surface area contributed by atoms with Gasteiger partial charge in [0.2, 0.25) is 0 Å². The van der Waals surface area contributed by atoms with Crippen molar-refractivity contribution in [3.8, 4) is 5.75 Å². The fourth-order valence-corrected chi connectivity index (χ4v) is 1.34. The molecular formula is C12H19NO2. The highest BCUT2D eigenvalue weighted by Gasteiger charge is 2.02. The molecule has 1 unspecified atom stereocenters. The molecule has 0 fully saturated rings. The van der Waals surface area contributed by atoms with Crippen molar-refractivity contribution in [2.24, 2.45) is 0 Å². The van der Waals surface area contributed by atoms with E-state index in [9.17, 15) is 0 Å². The third-order valence-corrected chi connectivity index (χ3v) is 2.34. The van der Waals surface area contributed by atoms with Gasteiger partial charge in [0.05, 0.1) is 13.2 Å². The zero-order chi connectivity index (χ0) is 11.1. The van der Waals surface area contributed by atoms with Crippen LogP contribution in [-0.4, -0.2) is 26.9 Å². The fourth-order valence-electron chi connectivity index (χ4n) is 1.34. The number of methoxy groups -OCH3 is 2. The highest BCUT2D eigenvalue weighted by molar-refractivity contribution is 5.32. The van der Waals surface area contributed by atoms with Gasteiger partial charge in [-0.15, -0.1) is 0 Å². The summed E-state index contributed by atoms with van der Waals surface area (Å²) in [5.41, 5.74) is 1.17. The van der Waals surface area contributed by atoms with Crippen molar-refractivity contribution >= 4 is 0 Å². The average Bonchev–Trinajstić information content (AvgIpc) is 2.29. The first-order chi connectivity index (χ1) is 7.27. The van der Waals surface area contributed by atoms with Crippen LogP contribution < -0.4 is 10.1 Å². The molecule has 0 aliphatic heterocycles. The number of ether oxygens (including phenoxy) is 2. The van der Waals surface area contributed by atoms with Crippen LogP contribution in [0.25, 0.3) is 0 Å². The molecule has 0 saturated heterocycles. The van der Waals surface area contributed by atoms with Crippen LogP contribution >= 0.6 is 0 Å². The van der Waals surface area contributed by atoms with Crippen LogP contribution in [0.2, 0.25) is 0 Å². The minimum Gasteiger partial charge on any atom is -0.496 e. The summed E-state index contributed by atoms with van der Waals surface area (Å²) in [5.74, 6) is 0.926. The summed E-state index contributed by atoms with van der Waals surface area (Å²) in [6.45, 7) is 3.68. The van der Waals surface area contributed by atoms with Crippen LogP contribution in [0, 0.1) is 0 Å². The minimum atomic E-state index is 0.236. The first-order valence-electron chi connectivity index (χ1n) is 5.13. The molecule has 1 aromatic rings. The molecule has 0 bridgehead atoms. The molecule has 84 valence electrons. The summed E-state index contributed by atoms with van der Waals surface area (Å²) in [6, 6.07) is 8.01. The van der Waals surface area contributed by atoms with E-state index in [0.717, 1.165) is 18.8 Å². The standard InChI is InChI=1S/C12H19NO2/c1-10(14-2)8-13-9-11-6-4-5-7-12(11)15-3/h4-7,10,13H,8-9H2,1-3H3. The molecule has 3 nitrogen and oxygen atoms in total. The molecule has 0 radical (unpaired) electrons. The van der Waals surface area contributed by atoms with Gasteiger partial charge in [-0.2, -0.15) is 0 Å². The normalized spacial score (nSPS) is 12.5. The van der Waals surface area contributed by atoms with Crippen LogP contribution in [0.5, 0.6) is 5.75 Å². The molecule has 3 heteroatoms. The van der Waals surface area contributed by atoms with E-state index in [4.69, 9.17) is 9.47 Å². The SMILES string of the molecule is COc1ccccc1CNCC(C)OC. The molecule has 1 aromatic carbocycles. The van der Waals surface area contributed by atoms with Gasteiger partial charge in [0.1, 0.15) is 5.75 Å². The molecule has 0 spiro atoms. The molecule has 1 N–H and O–H groups in total. The van der Waals surface area contributed by atoms with E-state index >= 15 is 0 Å². The van der Waals surface area contributed by atoms with Crippen molar-refractivity contribution < 1.29 is 9.47 Å². The van der Waals surface area contributed by atoms with Crippen molar-refractivity contribution in [2.75, 3.05) is 20.8 Å². The van der Waals surface area contributed by atoms with E-state index in [2.05, 4.69) is 11.4 Å². The maximum Gasteiger partial charge on any atom is 0.123 e. The first kappa shape index (κ1) is 12.0. The first-order valence-corrected chi connectivity index (χ1v) is 5.13. The van der Waals surface area contributed by atoms with E-state index in [1.54, 1.807) is 14.2 Å². The molecule has 1 atom stereocenters. The molecular weight excluding hydrogens is 190 g/mol. The molecule has 0 aliphatic rings. The van der Waals surface area contributed by atoms with Crippen LogP contribution in [0.3, 0.4) is 0 Å². The van der Waals surface area contributed by atoms with E-state index in [0.29, 0.717) is 0 Å². The van der Waals surface area contributed by atoms with Gasteiger partial charge in [-0.1, -0.05) is 18.2 Å². The van der Waals surface area contributed by atoms with Gasteiger partial charge in [0, 0.05) is 25.8 Å². The van der Waals surface area contributed by atoms with Gasteiger partial charge in [0.25, 0.3) is 0 Å². The molecule has 0 heterocycles. The number of hydrogen-bond donors (Lipinski definition) is 1. The molecule has 15 heavy (non-hydrogen) atoms. The Kier molecular flexibility index (Phi) is 5.15. The Morgan fingerprint density at radius 1 is 1.27 bits per heavy atom. The Bertz CT molecular complexity index is 289. The quantitative estimate of drug-likeness (QED) is 0.775. The predicted octanol–water partition coefficient (Wildman–Crippen LogP) is 1.82. The topological polar surface area (TPSA) is 30.5 Å². The molecule has 1 rings (SSSR count). The third kappa shape index (κ3) is 3.90. The third-order valence-electron chi connectivity index (χ3n) is 2.34. The van der Waals surface area contributed by atoms with E-state index in [1.165, 1.54) is 5.56 Å². The second-order valence-electron chi connectivity index (χ2n) is 3.49.